The molecule has 1 amide bonds. The summed E-state index contributed by atoms with van der Waals surface area (Å²) in [7, 11) is 0. The average Bonchev–Trinajstić information content (AvgIpc) is 2.98. The highest BCUT2D eigenvalue weighted by atomic mass is 32.1. The van der Waals surface area contributed by atoms with E-state index in [1.807, 2.05) is 23.7 Å². The number of rotatable bonds is 3. The Morgan fingerprint density at radius 2 is 2.56 bits per heavy atom. The number of carbonyl (C=O) groups excluding carboxylic acids is 1. The van der Waals surface area contributed by atoms with Crippen LogP contribution >= 0.6 is 11.3 Å². The van der Waals surface area contributed by atoms with E-state index in [1.54, 1.807) is 11.3 Å². The average molecular weight is 261 g/mol. The van der Waals surface area contributed by atoms with Gasteiger partial charge in [0.1, 0.15) is 0 Å². The number of amides is 1. The summed E-state index contributed by atoms with van der Waals surface area (Å²) in [5.41, 5.74) is 2.46. The van der Waals surface area contributed by atoms with Crippen molar-refractivity contribution in [3.8, 4) is 0 Å². The maximum absolute atomic E-state index is 11.9. The molecule has 0 saturated heterocycles. The van der Waals surface area contributed by atoms with E-state index < -0.39 is 0 Å². The van der Waals surface area contributed by atoms with Gasteiger partial charge in [-0.05, 0) is 29.9 Å². The summed E-state index contributed by atoms with van der Waals surface area (Å²) >= 11 is 1.63. The standard InChI is InChI=1S/C13H15N3OS/c17-13(7-11-2-1-5-18-11)15-10-4-3-9-8-14-16-12(9)6-10/h1-2,5,8,10H,3-4,6-7H2,(H,14,16)(H,15,17)/t10-/m0/s1. The van der Waals surface area contributed by atoms with Crippen LogP contribution in [0.25, 0.3) is 0 Å². The van der Waals surface area contributed by atoms with Crippen LogP contribution in [0.15, 0.2) is 23.7 Å². The molecule has 18 heavy (non-hydrogen) atoms. The summed E-state index contributed by atoms with van der Waals surface area (Å²) < 4.78 is 0. The van der Waals surface area contributed by atoms with Gasteiger partial charge in [-0.15, -0.1) is 11.3 Å². The van der Waals surface area contributed by atoms with Crippen molar-refractivity contribution in [2.24, 2.45) is 0 Å². The first-order valence-electron chi connectivity index (χ1n) is 6.14. The van der Waals surface area contributed by atoms with Crippen molar-refractivity contribution in [3.63, 3.8) is 0 Å². The number of nitrogens with zero attached hydrogens (tertiary/aromatic N) is 1. The molecule has 4 nitrogen and oxygen atoms in total. The van der Waals surface area contributed by atoms with E-state index in [1.165, 1.54) is 11.3 Å². The Morgan fingerprint density at radius 3 is 3.39 bits per heavy atom. The molecule has 1 aliphatic rings. The lowest BCUT2D eigenvalue weighted by Crippen LogP contribution is -2.39. The topological polar surface area (TPSA) is 57.8 Å². The zero-order chi connectivity index (χ0) is 12.4. The summed E-state index contributed by atoms with van der Waals surface area (Å²) in [5.74, 6) is 0.116. The maximum atomic E-state index is 11.9. The van der Waals surface area contributed by atoms with Gasteiger partial charge >= 0.3 is 0 Å². The Labute approximate surface area is 109 Å². The predicted molar refractivity (Wildman–Crippen MR) is 70.6 cm³/mol. The van der Waals surface area contributed by atoms with Crippen LogP contribution in [-0.4, -0.2) is 22.1 Å². The third-order valence-corrected chi connectivity index (χ3v) is 4.18. The highest BCUT2D eigenvalue weighted by Crippen LogP contribution is 2.19. The molecule has 0 aromatic carbocycles. The Kier molecular flexibility index (Phi) is 3.15. The van der Waals surface area contributed by atoms with Crippen LogP contribution < -0.4 is 5.32 Å². The minimum absolute atomic E-state index is 0.116. The van der Waals surface area contributed by atoms with Crippen LogP contribution in [0, 0.1) is 0 Å². The van der Waals surface area contributed by atoms with Gasteiger partial charge < -0.3 is 5.32 Å². The van der Waals surface area contributed by atoms with Gasteiger partial charge in [0.15, 0.2) is 0 Å². The number of aromatic amines is 1. The zero-order valence-corrected chi connectivity index (χ0v) is 10.8. The van der Waals surface area contributed by atoms with Crippen molar-refractivity contribution >= 4 is 17.2 Å². The minimum Gasteiger partial charge on any atom is -0.353 e. The minimum atomic E-state index is 0.116. The molecule has 0 radical (unpaired) electrons. The van der Waals surface area contributed by atoms with Crippen molar-refractivity contribution < 1.29 is 4.79 Å². The molecule has 2 heterocycles. The molecular weight excluding hydrogens is 246 g/mol. The van der Waals surface area contributed by atoms with Gasteiger partial charge in [0.05, 0.1) is 12.6 Å². The number of nitrogens with one attached hydrogen (secondary N) is 2. The third-order valence-electron chi connectivity index (χ3n) is 3.30. The summed E-state index contributed by atoms with van der Waals surface area (Å²) in [6.45, 7) is 0. The number of hydrogen-bond acceptors (Lipinski definition) is 3. The zero-order valence-electron chi connectivity index (χ0n) is 9.98. The van der Waals surface area contributed by atoms with Crippen LogP contribution in [-0.2, 0) is 24.1 Å². The molecular formula is C13H15N3OS. The highest BCUT2D eigenvalue weighted by Gasteiger charge is 2.21. The van der Waals surface area contributed by atoms with E-state index in [0.717, 1.165) is 24.1 Å². The van der Waals surface area contributed by atoms with Gasteiger partial charge in [-0.1, -0.05) is 6.07 Å². The van der Waals surface area contributed by atoms with Gasteiger partial charge in [-0.2, -0.15) is 5.10 Å². The fourth-order valence-corrected chi connectivity index (χ4v) is 3.09. The molecule has 2 aromatic heterocycles. The first-order valence-corrected chi connectivity index (χ1v) is 7.02. The van der Waals surface area contributed by atoms with Crippen molar-refractivity contribution in [2.75, 3.05) is 0 Å². The Balaban J connectivity index is 1.56. The molecule has 3 rings (SSSR count). The summed E-state index contributed by atoms with van der Waals surface area (Å²) in [5, 5.41) is 12.2. The van der Waals surface area contributed by atoms with Gasteiger partial charge in [0.2, 0.25) is 5.91 Å². The molecule has 1 aliphatic carbocycles. The van der Waals surface area contributed by atoms with Crippen LogP contribution in [0.3, 0.4) is 0 Å². The van der Waals surface area contributed by atoms with Gasteiger partial charge in [-0.3, -0.25) is 9.89 Å². The van der Waals surface area contributed by atoms with Gasteiger partial charge in [-0.25, -0.2) is 0 Å². The highest BCUT2D eigenvalue weighted by molar-refractivity contribution is 7.10. The van der Waals surface area contributed by atoms with Crippen LogP contribution in [0.5, 0.6) is 0 Å². The number of fused-ring (bicyclic) bond motifs is 1. The molecule has 2 aromatic rings. The van der Waals surface area contributed by atoms with E-state index in [9.17, 15) is 4.79 Å². The van der Waals surface area contributed by atoms with Crippen molar-refractivity contribution in [1.29, 1.82) is 0 Å². The molecule has 2 N–H and O–H groups in total. The van der Waals surface area contributed by atoms with E-state index in [4.69, 9.17) is 0 Å². The van der Waals surface area contributed by atoms with Crippen molar-refractivity contribution in [2.45, 2.75) is 31.7 Å². The summed E-state index contributed by atoms with van der Waals surface area (Å²) in [6, 6.07) is 4.22. The van der Waals surface area contributed by atoms with Crippen LogP contribution in [0.2, 0.25) is 0 Å². The molecule has 5 heteroatoms. The summed E-state index contributed by atoms with van der Waals surface area (Å²) in [4.78, 5) is 13.0. The van der Waals surface area contributed by atoms with E-state index in [0.29, 0.717) is 6.42 Å². The predicted octanol–water partition coefficient (Wildman–Crippen LogP) is 1.69. The van der Waals surface area contributed by atoms with Crippen LogP contribution in [0.1, 0.15) is 22.6 Å². The second-order valence-electron chi connectivity index (χ2n) is 4.64. The first kappa shape index (κ1) is 11.5. The molecule has 0 unspecified atom stereocenters. The lowest BCUT2D eigenvalue weighted by atomic mass is 9.93. The van der Waals surface area contributed by atoms with Crippen molar-refractivity contribution in [3.05, 3.63) is 39.8 Å². The number of carbonyl (C=O) groups is 1. The monoisotopic (exact) mass is 261 g/mol. The van der Waals surface area contributed by atoms with Gasteiger partial charge in [0.25, 0.3) is 0 Å². The fraction of sp³-hybridized carbons (Fsp3) is 0.385. The molecule has 94 valence electrons. The molecule has 0 bridgehead atoms. The largest absolute Gasteiger partial charge is 0.353 e. The third kappa shape index (κ3) is 2.46. The molecule has 0 saturated carbocycles. The number of hydrogen-bond donors (Lipinski definition) is 2. The lowest BCUT2D eigenvalue weighted by molar-refractivity contribution is -0.121. The van der Waals surface area contributed by atoms with Crippen LogP contribution in [0.4, 0.5) is 0 Å². The van der Waals surface area contributed by atoms with Crippen molar-refractivity contribution in [1.82, 2.24) is 15.5 Å². The smallest absolute Gasteiger partial charge is 0.225 e. The Hall–Kier alpha value is -1.62. The Morgan fingerprint density at radius 1 is 1.61 bits per heavy atom. The normalized spacial score (nSPS) is 18.3. The second kappa shape index (κ2) is 4.94. The number of H-pyrrole nitrogens is 1. The maximum Gasteiger partial charge on any atom is 0.225 e. The molecule has 0 aliphatic heterocycles. The Bertz CT molecular complexity index is 532. The molecule has 1 atom stereocenters. The van der Waals surface area contributed by atoms with E-state index in [-0.39, 0.29) is 11.9 Å². The quantitative estimate of drug-likeness (QED) is 0.883. The lowest BCUT2D eigenvalue weighted by Gasteiger charge is -2.22. The SMILES string of the molecule is O=C(Cc1cccs1)N[C@H]1CCc2cn[nH]c2C1. The fourth-order valence-electron chi connectivity index (χ4n) is 2.38. The van der Waals surface area contributed by atoms with E-state index >= 15 is 0 Å². The number of aromatic nitrogens is 2. The number of thiophene rings is 1. The second-order valence-corrected chi connectivity index (χ2v) is 5.67. The number of aryl methyl sites for hydroxylation is 1. The molecule has 0 spiro atoms. The summed E-state index contributed by atoms with van der Waals surface area (Å²) in [6.07, 6.45) is 5.24. The van der Waals surface area contributed by atoms with E-state index in [2.05, 4.69) is 15.5 Å². The van der Waals surface area contributed by atoms with Gasteiger partial charge in [0, 0.05) is 23.0 Å². The molecule has 0 fully saturated rings. The first-order chi connectivity index (χ1) is 8.81.